The molecule has 0 spiro atoms. The molecule has 2 saturated carbocycles. The van der Waals surface area contributed by atoms with Crippen LogP contribution in [0.25, 0.3) is 0 Å². The summed E-state index contributed by atoms with van der Waals surface area (Å²) in [7, 11) is -0.764. The van der Waals surface area contributed by atoms with Crippen molar-refractivity contribution in [3.05, 3.63) is 11.6 Å². The van der Waals surface area contributed by atoms with Gasteiger partial charge in [0.2, 0.25) is 0 Å². The van der Waals surface area contributed by atoms with E-state index < -0.39 is 9.76 Å². The van der Waals surface area contributed by atoms with Gasteiger partial charge in [0.1, 0.15) is 0 Å². The van der Waals surface area contributed by atoms with E-state index in [0.29, 0.717) is 5.54 Å². The second kappa shape index (κ2) is 2.76. The molecule has 2 aliphatic carbocycles. The van der Waals surface area contributed by atoms with Gasteiger partial charge < -0.3 is 4.80 Å². The van der Waals surface area contributed by atoms with Gasteiger partial charge in [-0.15, -0.1) is 0 Å². The molecule has 1 N–H and O–H groups in total. The summed E-state index contributed by atoms with van der Waals surface area (Å²) in [5.74, 6) is 1.75. The van der Waals surface area contributed by atoms with Crippen LogP contribution in [0.4, 0.5) is 0 Å². The number of fused-ring (bicyclic) bond motifs is 2. The zero-order valence-electron chi connectivity index (χ0n) is 7.09. The largest absolute Gasteiger partial charge is 0.438 e. The molecule has 0 heterocycles. The molecule has 0 amide bonds. The van der Waals surface area contributed by atoms with E-state index in [0.717, 1.165) is 11.8 Å². The molecule has 0 radical (unpaired) electrons. The third-order valence-corrected chi connectivity index (χ3v) is 5.00. The summed E-state index contributed by atoms with van der Waals surface area (Å²) in [4.78, 5) is 9.29. The van der Waals surface area contributed by atoms with Gasteiger partial charge in [0.05, 0.1) is 0 Å². The quantitative estimate of drug-likeness (QED) is 0.461. The zero-order valence-corrected chi connectivity index (χ0v) is 8.50. The second-order valence-electron chi connectivity index (χ2n) is 3.85. The van der Waals surface area contributed by atoms with Gasteiger partial charge in [-0.25, -0.2) is 0 Å². The van der Waals surface area contributed by atoms with Crippen LogP contribution < -0.4 is 0 Å². The van der Waals surface area contributed by atoms with Crippen LogP contribution in [0.1, 0.15) is 26.2 Å². The fraction of sp³-hybridized carbons (Fsp3) is 0.778. The van der Waals surface area contributed by atoms with Gasteiger partial charge in [-0.1, -0.05) is 11.6 Å². The summed E-state index contributed by atoms with van der Waals surface area (Å²) in [6, 6.07) is 0. The van der Waals surface area contributed by atoms with Gasteiger partial charge in [-0.3, -0.25) is 0 Å². The van der Waals surface area contributed by atoms with E-state index in [1.54, 1.807) is 5.57 Å². The molecule has 1 nitrogen and oxygen atoms in total. The monoisotopic (exact) mass is 168 g/mol. The van der Waals surface area contributed by atoms with Crippen LogP contribution in [0.15, 0.2) is 11.6 Å². The number of allylic oxidation sites excluding steroid dienone is 2. The highest BCUT2D eigenvalue weighted by Gasteiger charge is 2.42. The predicted octanol–water partition coefficient (Wildman–Crippen LogP) is 1.23. The van der Waals surface area contributed by atoms with Crippen LogP contribution in [0.5, 0.6) is 0 Å². The maximum atomic E-state index is 9.29. The summed E-state index contributed by atoms with van der Waals surface area (Å²) in [6.07, 6.45) is 6.44. The first-order valence-corrected chi connectivity index (χ1v) is 6.08. The lowest BCUT2D eigenvalue weighted by Crippen LogP contribution is -2.13. The molecule has 0 aromatic rings. The molecule has 0 aromatic carbocycles. The standard InChI is InChI=1S/C9H16OSi/c1-2-8-6-3-4-7(5-6)9(8)11-10/h2,6-7,9-10H,3-5,11H2,1H3. The second-order valence-corrected chi connectivity index (χ2v) is 5.09. The molecular formula is C9H16OSi. The molecule has 2 rings (SSSR count). The van der Waals surface area contributed by atoms with Crippen molar-refractivity contribution in [2.45, 2.75) is 31.7 Å². The highest BCUT2D eigenvalue weighted by molar-refractivity contribution is 6.29. The Morgan fingerprint density at radius 1 is 1.55 bits per heavy atom. The van der Waals surface area contributed by atoms with Crippen molar-refractivity contribution in [2.75, 3.05) is 0 Å². The Labute approximate surface area is 70.4 Å². The van der Waals surface area contributed by atoms with Crippen molar-refractivity contribution in [3.8, 4) is 0 Å². The van der Waals surface area contributed by atoms with Crippen LogP contribution in [0, 0.1) is 11.8 Å². The molecule has 62 valence electrons. The van der Waals surface area contributed by atoms with Gasteiger partial charge in [0.25, 0.3) is 0 Å². The third-order valence-electron chi connectivity index (χ3n) is 3.47. The summed E-state index contributed by atoms with van der Waals surface area (Å²) >= 11 is 0. The molecule has 11 heavy (non-hydrogen) atoms. The van der Waals surface area contributed by atoms with Gasteiger partial charge >= 0.3 is 0 Å². The fourth-order valence-electron chi connectivity index (χ4n) is 2.96. The van der Waals surface area contributed by atoms with Crippen LogP contribution >= 0.6 is 0 Å². The summed E-state index contributed by atoms with van der Waals surface area (Å²) in [6.45, 7) is 2.13. The Bertz CT molecular complexity index is 188. The molecule has 0 aromatic heterocycles. The van der Waals surface area contributed by atoms with Gasteiger partial charge in [-0.2, -0.15) is 0 Å². The van der Waals surface area contributed by atoms with Gasteiger partial charge in [0, 0.05) is 0 Å². The molecule has 0 aliphatic heterocycles. The molecule has 3 unspecified atom stereocenters. The molecule has 2 bridgehead atoms. The highest BCUT2D eigenvalue weighted by atomic mass is 28.2. The highest BCUT2D eigenvalue weighted by Crippen LogP contribution is 2.54. The minimum atomic E-state index is -0.764. The first-order valence-electron chi connectivity index (χ1n) is 4.63. The van der Waals surface area contributed by atoms with E-state index in [1.165, 1.54) is 19.3 Å². The SMILES string of the molecule is CC=C1C2CCC(C2)C1[SiH2]O. The fourth-order valence-corrected chi connectivity index (χ4v) is 4.47. The topological polar surface area (TPSA) is 20.2 Å². The predicted molar refractivity (Wildman–Crippen MR) is 49.1 cm³/mol. The molecule has 0 saturated heterocycles. The average molecular weight is 168 g/mol. The number of hydrogen-bond donors (Lipinski definition) is 1. The number of hydrogen-bond acceptors (Lipinski definition) is 1. The summed E-state index contributed by atoms with van der Waals surface area (Å²) in [5.41, 5.74) is 2.27. The third kappa shape index (κ3) is 1.00. The Morgan fingerprint density at radius 2 is 2.36 bits per heavy atom. The Balaban J connectivity index is 2.21. The minimum Gasteiger partial charge on any atom is -0.438 e. The number of rotatable bonds is 1. The van der Waals surface area contributed by atoms with Crippen LogP contribution in [0.3, 0.4) is 0 Å². The van der Waals surface area contributed by atoms with E-state index in [-0.39, 0.29) is 0 Å². The average Bonchev–Trinajstić information content (AvgIpc) is 2.60. The molecular weight excluding hydrogens is 152 g/mol. The Kier molecular flexibility index (Phi) is 1.89. The normalized spacial score (nSPS) is 46.7. The van der Waals surface area contributed by atoms with Crippen molar-refractivity contribution in [2.24, 2.45) is 11.8 Å². The van der Waals surface area contributed by atoms with E-state index in [4.69, 9.17) is 0 Å². The van der Waals surface area contributed by atoms with Gasteiger partial charge in [-0.05, 0) is 43.6 Å². The van der Waals surface area contributed by atoms with Crippen molar-refractivity contribution >= 4 is 9.76 Å². The van der Waals surface area contributed by atoms with E-state index in [2.05, 4.69) is 13.0 Å². The first kappa shape index (κ1) is 7.56. The van der Waals surface area contributed by atoms with Gasteiger partial charge in [0.15, 0.2) is 9.76 Å². The van der Waals surface area contributed by atoms with Crippen molar-refractivity contribution in [1.29, 1.82) is 0 Å². The lowest BCUT2D eigenvalue weighted by atomic mass is 9.94. The summed E-state index contributed by atoms with van der Waals surface area (Å²) in [5, 5.41) is 0. The summed E-state index contributed by atoms with van der Waals surface area (Å²) < 4.78 is 0. The zero-order chi connectivity index (χ0) is 7.84. The van der Waals surface area contributed by atoms with Crippen LogP contribution in [-0.4, -0.2) is 14.6 Å². The van der Waals surface area contributed by atoms with Crippen molar-refractivity contribution in [3.63, 3.8) is 0 Å². The van der Waals surface area contributed by atoms with Crippen LogP contribution in [-0.2, 0) is 0 Å². The Hall–Kier alpha value is -0.0831. The van der Waals surface area contributed by atoms with E-state index in [9.17, 15) is 4.80 Å². The van der Waals surface area contributed by atoms with Crippen molar-refractivity contribution in [1.82, 2.24) is 0 Å². The lowest BCUT2D eigenvalue weighted by molar-refractivity contribution is 0.505. The smallest absolute Gasteiger partial charge is 0.164 e. The van der Waals surface area contributed by atoms with E-state index >= 15 is 0 Å². The van der Waals surface area contributed by atoms with Crippen LogP contribution in [0.2, 0.25) is 5.54 Å². The molecule has 2 aliphatic rings. The maximum absolute atomic E-state index is 9.29. The molecule has 3 atom stereocenters. The first-order chi connectivity index (χ1) is 5.36. The van der Waals surface area contributed by atoms with Crippen molar-refractivity contribution < 1.29 is 4.80 Å². The molecule has 2 fully saturated rings. The molecule has 2 heteroatoms. The lowest BCUT2D eigenvalue weighted by Gasteiger charge is -2.22. The Morgan fingerprint density at radius 3 is 2.91 bits per heavy atom. The maximum Gasteiger partial charge on any atom is 0.164 e. The minimum absolute atomic E-state index is 0.666. The van der Waals surface area contributed by atoms with E-state index in [1.807, 2.05) is 0 Å².